The highest BCUT2D eigenvalue weighted by Crippen LogP contribution is 2.32. The van der Waals surface area contributed by atoms with Crippen LogP contribution in [0.25, 0.3) is 11.4 Å². The predicted molar refractivity (Wildman–Crippen MR) is 68.1 cm³/mol. The molecule has 5 nitrogen and oxygen atoms in total. The summed E-state index contributed by atoms with van der Waals surface area (Å²) >= 11 is 6.02. The lowest BCUT2D eigenvalue weighted by Gasteiger charge is -2.15. The molecule has 0 aliphatic carbocycles. The lowest BCUT2D eigenvalue weighted by molar-refractivity contribution is -0.142. The molecule has 2 rings (SSSR count). The van der Waals surface area contributed by atoms with Gasteiger partial charge in [-0.2, -0.15) is 13.2 Å². The average Bonchev–Trinajstić information content (AvgIpc) is 2.75. The Bertz CT molecular complexity index is 610. The van der Waals surface area contributed by atoms with Crippen molar-refractivity contribution >= 4 is 17.3 Å². The molecule has 108 valence electrons. The molecule has 0 aliphatic heterocycles. The maximum atomic E-state index is 12.4. The molecular weight excluding hydrogens is 295 g/mol. The van der Waals surface area contributed by atoms with E-state index in [1.807, 2.05) is 0 Å². The van der Waals surface area contributed by atoms with Crippen molar-refractivity contribution in [1.29, 1.82) is 0 Å². The standard InChI is InChI=1S/C11H11ClF3N5/c1-6(5-11(13,14)15)20-10(17-18-19-20)8-3-2-7(16)4-9(8)12/h2-4,6H,5,16H2,1H3. The van der Waals surface area contributed by atoms with E-state index in [0.717, 1.165) is 4.68 Å². The van der Waals surface area contributed by atoms with Gasteiger partial charge in [-0.1, -0.05) is 11.6 Å². The fraction of sp³-hybridized carbons (Fsp3) is 0.364. The topological polar surface area (TPSA) is 69.6 Å². The molecule has 9 heteroatoms. The number of nitrogens with two attached hydrogens (primary N) is 1. The third-order valence-corrected chi connectivity index (χ3v) is 2.98. The smallest absolute Gasteiger partial charge is 0.391 e. The number of hydrogen-bond acceptors (Lipinski definition) is 4. The van der Waals surface area contributed by atoms with Crippen molar-refractivity contribution in [2.75, 3.05) is 5.73 Å². The van der Waals surface area contributed by atoms with Crippen LogP contribution in [0.15, 0.2) is 18.2 Å². The van der Waals surface area contributed by atoms with Crippen LogP contribution in [0.4, 0.5) is 18.9 Å². The molecule has 1 atom stereocenters. The van der Waals surface area contributed by atoms with Crippen molar-refractivity contribution in [2.45, 2.75) is 25.6 Å². The lowest BCUT2D eigenvalue weighted by atomic mass is 10.1. The van der Waals surface area contributed by atoms with E-state index in [9.17, 15) is 13.2 Å². The number of hydrogen-bond donors (Lipinski definition) is 1. The number of nitrogens with zero attached hydrogens (tertiary/aromatic N) is 4. The molecule has 2 N–H and O–H groups in total. The zero-order chi connectivity index (χ0) is 14.9. The van der Waals surface area contributed by atoms with Gasteiger partial charge in [0.2, 0.25) is 0 Å². The summed E-state index contributed by atoms with van der Waals surface area (Å²) in [5.41, 5.74) is 6.45. The first-order chi connectivity index (χ1) is 9.28. The highest BCUT2D eigenvalue weighted by Gasteiger charge is 2.32. The SMILES string of the molecule is CC(CC(F)(F)F)n1nnnc1-c1ccc(N)cc1Cl. The van der Waals surface area contributed by atoms with Gasteiger partial charge >= 0.3 is 6.18 Å². The summed E-state index contributed by atoms with van der Waals surface area (Å²) in [7, 11) is 0. The number of alkyl halides is 3. The van der Waals surface area contributed by atoms with Crippen LogP contribution in [0.5, 0.6) is 0 Å². The van der Waals surface area contributed by atoms with Crippen LogP contribution in [0.2, 0.25) is 5.02 Å². The second-order valence-corrected chi connectivity index (χ2v) is 4.76. The monoisotopic (exact) mass is 305 g/mol. The molecule has 0 spiro atoms. The Morgan fingerprint density at radius 3 is 2.70 bits per heavy atom. The van der Waals surface area contributed by atoms with Gasteiger partial charge in [0.25, 0.3) is 0 Å². The third-order valence-electron chi connectivity index (χ3n) is 2.67. The molecular formula is C11H11ClF3N5. The number of tetrazole rings is 1. The third kappa shape index (κ3) is 3.19. The Kier molecular flexibility index (Phi) is 3.85. The summed E-state index contributed by atoms with van der Waals surface area (Å²) in [5, 5.41) is 11.0. The molecule has 1 heterocycles. The highest BCUT2D eigenvalue weighted by molar-refractivity contribution is 6.33. The number of benzene rings is 1. The molecule has 0 amide bonds. The van der Waals surface area contributed by atoms with Gasteiger partial charge in [-0.3, -0.25) is 0 Å². The van der Waals surface area contributed by atoms with Gasteiger partial charge in [0, 0.05) is 11.3 Å². The number of aromatic nitrogens is 4. The van der Waals surface area contributed by atoms with Crippen LogP contribution >= 0.6 is 11.6 Å². The van der Waals surface area contributed by atoms with Crippen LogP contribution < -0.4 is 5.73 Å². The van der Waals surface area contributed by atoms with Gasteiger partial charge < -0.3 is 5.73 Å². The molecule has 0 bridgehead atoms. The Labute approximate surface area is 117 Å². The van der Waals surface area contributed by atoms with Crippen LogP contribution in [0.3, 0.4) is 0 Å². The highest BCUT2D eigenvalue weighted by atomic mass is 35.5. The van der Waals surface area contributed by atoms with Crippen molar-refractivity contribution < 1.29 is 13.2 Å². The summed E-state index contributed by atoms with van der Waals surface area (Å²) in [6, 6.07) is 3.70. The molecule has 0 radical (unpaired) electrons. The Morgan fingerprint density at radius 2 is 2.10 bits per heavy atom. The molecule has 2 aromatic rings. The first-order valence-corrected chi connectivity index (χ1v) is 6.06. The van der Waals surface area contributed by atoms with Gasteiger partial charge in [-0.05, 0) is 35.5 Å². The van der Waals surface area contributed by atoms with Crippen LogP contribution in [-0.4, -0.2) is 26.4 Å². The van der Waals surface area contributed by atoms with Gasteiger partial charge in [0.15, 0.2) is 5.82 Å². The molecule has 1 unspecified atom stereocenters. The normalized spacial score (nSPS) is 13.4. The molecule has 0 fully saturated rings. The molecule has 1 aromatic carbocycles. The van der Waals surface area contributed by atoms with Crippen molar-refractivity contribution in [1.82, 2.24) is 20.2 Å². The van der Waals surface area contributed by atoms with Crippen molar-refractivity contribution in [3.05, 3.63) is 23.2 Å². The second-order valence-electron chi connectivity index (χ2n) is 4.35. The molecule has 1 aromatic heterocycles. The zero-order valence-corrected chi connectivity index (χ0v) is 11.2. The Balaban J connectivity index is 2.38. The minimum absolute atomic E-state index is 0.173. The summed E-state index contributed by atoms with van der Waals surface area (Å²) in [4.78, 5) is 0. The fourth-order valence-corrected chi connectivity index (χ4v) is 2.08. The van der Waals surface area contributed by atoms with E-state index in [4.69, 9.17) is 17.3 Å². The maximum absolute atomic E-state index is 12.4. The molecule has 0 aliphatic rings. The van der Waals surface area contributed by atoms with Crippen LogP contribution in [0, 0.1) is 0 Å². The number of rotatable bonds is 3. The Hall–Kier alpha value is -1.83. The maximum Gasteiger partial charge on any atom is 0.391 e. The summed E-state index contributed by atoms with van der Waals surface area (Å²) in [5.74, 6) is 0.173. The second kappa shape index (κ2) is 5.28. The number of anilines is 1. The molecule has 0 saturated carbocycles. The minimum atomic E-state index is -4.30. The Morgan fingerprint density at radius 1 is 1.40 bits per heavy atom. The first-order valence-electron chi connectivity index (χ1n) is 5.68. The van der Waals surface area contributed by atoms with E-state index in [0.29, 0.717) is 11.3 Å². The van der Waals surface area contributed by atoms with Gasteiger partial charge in [-0.15, -0.1) is 5.10 Å². The molecule has 0 saturated heterocycles. The van der Waals surface area contributed by atoms with Gasteiger partial charge in [0.05, 0.1) is 17.5 Å². The van der Waals surface area contributed by atoms with Crippen molar-refractivity contribution in [2.24, 2.45) is 0 Å². The quantitative estimate of drug-likeness (QED) is 0.885. The number of halogens is 4. The van der Waals surface area contributed by atoms with E-state index in [1.54, 1.807) is 12.1 Å². The predicted octanol–water partition coefficient (Wildman–Crippen LogP) is 3.09. The summed E-state index contributed by atoms with van der Waals surface area (Å²) in [6.45, 7) is 1.39. The summed E-state index contributed by atoms with van der Waals surface area (Å²) < 4.78 is 38.4. The van der Waals surface area contributed by atoms with E-state index in [1.165, 1.54) is 13.0 Å². The van der Waals surface area contributed by atoms with Crippen molar-refractivity contribution in [3.63, 3.8) is 0 Å². The van der Waals surface area contributed by atoms with E-state index in [-0.39, 0.29) is 10.8 Å². The zero-order valence-electron chi connectivity index (χ0n) is 10.4. The first kappa shape index (κ1) is 14.6. The fourth-order valence-electron chi connectivity index (χ4n) is 1.80. The van der Waals surface area contributed by atoms with E-state index >= 15 is 0 Å². The van der Waals surface area contributed by atoms with E-state index < -0.39 is 18.6 Å². The van der Waals surface area contributed by atoms with Crippen molar-refractivity contribution in [3.8, 4) is 11.4 Å². The lowest BCUT2D eigenvalue weighted by Crippen LogP contribution is -2.18. The van der Waals surface area contributed by atoms with Crippen LogP contribution in [-0.2, 0) is 0 Å². The number of nitrogen functional groups attached to an aromatic ring is 1. The molecule has 20 heavy (non-hydrogen) atoms. The average molecular weight is 306 g/mol. The van der Waals surface area contributed by atoms with Gasteiger partial charge in [0.1, 0.15) is 0 Å². The van der Waals surface area contributed by atoms with E-state index in [2.05, 4.69) is 15.5 Å². The van der Waals surface area contributed by atoms with Gasteiger partial charge in [-0.25, -0.2) is 4.68 Å². The largest absolute Gasteiger partial charge is 0.399 e. The minimum Gasteiger partial charge on any atom is -0.399 e. The summed E-state index contributed by atoms with van der Waals surface area (Å²) in [6.07, 6.45) is -5.33. The van der Waals surface area contributed by atoms with Crippen LogP contribution in [0.1, 0.15) is 19.4 Å².